The van der Waals surface area contributed by atoms with Crippen molar-refractivity contribution in [2.24, 2.45) is 0 Å². The van der Waals surface area contributed by atoms with E-state index in [1.54, 1.807) is 6.07 Å². The molecule has 3 N–H and O–H groups in total. The number of benzene rings is 2. The number of amides is 2. The molecule has 2 heterocycles. The quantitative estimate of drug-likeness (QED) is 0.419. The molecule has 1 aromatic heterocycles. The zero-order chi connectivity index (χ0) is 22.0. The first-order valence-corrected chi connectivity index (χ1v) is 10.9. The highest BCUT2D eigenvalue weighted by Gasteiger charge is 2.34. The fourth-order valence-electron chi connectivity index (χ4n) is 3.41. The number of nitrogens with zero attached hydrogens (tertiary/aromatic N) is 1. The molecule has 31 heavy (non-hydrogen) atoms. The predicted molar refractivity (Wildman–Crippen MR) is 121 cm³/mol. The van der Waals surface area contributed by atoms with Crippen LogP contribution in [-0.2, 0) is 15.3 Å². The molecule has 2 amide bonds. The third kappa shape index (κ3) is 4.69. The van der Waals surface area contributed by atoms with Crippen LogP contribution in [0, 0.1) is 13.8 Å². The van der Waals surface area contributed by atoms with Crippen molar-refractivity contribution in [3.05, 3.63) is 81.1 Å². The zero-order valence-corrected chi connectivity index (χ0v) is 18.0. The number of rotatable bonds is 5. The number of hydrogen-bond donors (Lipinski definition) is 3. The van der Waals surface area contributed by atoms with Gasteiger partial charge in [0.15, 0.2) is 5.16 Å². The van der Waals surface area contributed by atoms with Gasteiger partial charge >= 0.3 is 0 Å². The summed E-state index contributed by atoms with van der Waals surface area (Å²) < 4.78 is 0. The summed E-state index contributed by atoms with van der Waals surface area (Å²) in [5, 5.41) is 5.87. The van der Waals surface area contributed by atoms with Crippen LogP contribution < -0.4 is 16.2 Å². The lowest BCUT2D eigenvalue weighted by atomic mass is 9.92. The summed E-state index contributed by atoms with van der Waals surface area (Å²) >= 11 is 1.36. The van der Waals surface area contributed by atoms with E-state index in [1.807, 2.05) is 56.3 Å². The van der Waals surface area contributed by atoms with Gasteiger partial charge in [0.2, 0.25) is 11.8 Å². The monoisotopic (exact) mass is 434 g/mol. The van der Waals surface area contributed by atoms with E-state index in [2.05, 4.69) is 20.6 Å². The first-order chi connectivity index (χ1) is 14.9. The van der Waals surface area contributed by atoms with Gasteiger partial charge in [0.1, 0.15) is 5.82 Å². The van der Waals surface area contributed by atoms with Crippen molar-refractivity contribution in [3.63, 3.8) is 0 Å². The van der Waals surface area contributed by atoms with Crippen LogP contribution in [0.3, 0.4) is 0 Å². The van der Waals surface area contributed by atoms with Gasteiger partial charge in [-0.3, -0.25) is 14.4 Å². The summed E-state index contributed by atoms with van der Waals surface area (Å²) in [4.78, 5) is 45.2. The number of para-hydroxylation sites is 1. The van der Waals surface area contributed by atoms with E-state index in [0.29, 0.717) is 16.6 Å². The summed E-state index contributed by atoms with van der Waals surface area (Å²) in [6.07, 6.45) is -0.106. The molecule has 2 aromatic carbocycles. The zero-order valence-electron chi connectivity index (χ0n) is 17.2. The maximum absolute atomic E-state index is 12.9. The Kier molecular flexibility index (Phi) is 5.90. The standard InChI is InChI=1S/C23H22N4O3S/c1-13-7-9-15(10-8-13)12-31-23-26-20-19(22(30)27-23)16(11-18(28)25-20)21(29)24-17-6-4-3-5-14(17)2/h3-10,16H,11-12H2,1-2H3,(H,24,29)(H2,25,26,27,28,30)/t16-/m1/s1. The molecular weight excluding hydrogens is 412 g/mol. The Bertz CT molecular complexity index is 1200. The lowest BCUT2D eigenvalue weighted by Gasteiger charge is -2.23. The molecule has 0 bridgehead atoms. The Morgan fingerprint density at radius 1 is 1.13 bits per heavy atom. The average Bonchev–Trinajstić information content (AvgIpc) is 2.74. The van der Waals surface area contributed by atoms with Crippen LogP contribution in [0.25, 0.3) is 0 Å². The van der Waals surface area contributed by atoms with Crippen LogP contribution in [0.2, 0.25) is 0 Å². The van der Waals surface area contributed by atoms with Crippen molar-refractivity contribution >= 4 is 35.1 Å². The highest BCUT2D eigenvalue weighted by molar-refractivity contribution is 7.98. The van der Waals surface area contributed by atoms with Crippen LogP contribution in [-0.4, -0.2) is 21.8 Å². The Morgan fingerprint density at radius 3 is 2.61 bits per heavy atom. The van der Waals surface area contributed by atoms with Gasteiger partial charge in [0, 0.05) is 17.9 Å². The summed E-state index contributed by atoms with van der Waals surface area (Å²) in [6, 6.07) is 15.4. The topological polar surface area (TPSA) is 104 Å². The van der Waals surface area contributed by atoms with Crippen molar-refractivity contribution in [2.45, 2.75) is 37.1 Å². The van der Waals surface area contributed by atoms with Gasteiger partial charge in [-0.25, -0.2) is 4.98 Å². The average molecular weight is 435 g/mol. The largest absolute Gasteiger partial charge is 0.325 e. The highest BCUT2D eigenvalue weighted by atomic mass is 32.2. The third-order valence-corrected chi connectivity index (χ3v) is 6.09. The van der Waals surface area contributed by atoms with Crippen molar-refractivity contribution in [1.29, 1.82) is 0 Å². The molecule has 8 heteroatoms. The van der Waals surface area contributed by atoms with Gasteiger partial charge < -0.3 is 15.6 Å². The third-order valence-electron chi connectivity index (χ3n) is 5.14. The van der Waals surface area contributed by atoms with E-state index in [9.17, 15) is 14.4 Å². The molecule has 158 valence electrons. The molecule has 0 fully saturated rings. The minimum Gasteiger partial charge on any atom is -0.325 e. The maximum atomic E-state index is 12.9. The minimum atomic E-state index is -0.907. The molecule has 1 atom stereocenters. The second kappa shape index (κ2) is 8.77. The lowest BCUT2D eigenvalue weighted by Crippen LogP contribution is -2.36. The number of nitrogens with one attached hydrogen (secondary N) is 3. The Labute approximate surface area is 183 Å². The first kappa shape index (κ1) is 20.9. The van der Waals surface area contributed by atoms with Crippen molar-refractivity contribution in [2.75, 3.05) is 10.6 Å². The SMILES string of the molecule is Cc1ccc(CSc2nc3c(c(=O)[nH]2)[C@H](C(=O)Nc2ccccc2C)CC(=O)N3)cc1. The number of aromatic amines is 1. The number of H-pyrrole nitrogens is 1. The van der Waals surface area contributed by atoms with Crippen LogP contribution in [0.4, 0.5) is 11.5 Å². The van der Waals surface area contributed by atoms with Gasteiger partial charge in [-0.1, -0.05) is 59.8 Å². The molecule has 1 aliphatic rings. The Balaban J connectivity index is 1.58. The number of fused-ring (bicyclic) bond motifs is 1. The number of carbonyl (C=O) groups excluding carboxylic acids is 2. The number of thioether (sulfide) groups is 1. The summed E-state index contributed by atoms with van der Waals surface area (Å²) in [7, 11) is 0. The smallest absolute Gasteiger partial charge is 0.257 e. The number of aryl methyl sites for hydroxylation is 2. The summed E-state index contributed by atoms with van der Waals surface area (Å²) in [5.74, 6) is -0.887. The minimum absolute atomic E-state index is 0.106. The molecule has 0 unspecified atom stereocenters. The number of aromatic nitrogens is 2. The second-order valence-electron chi connectivity index (χ2n) is 7.52. The van der Waals surface area contributed by atoms with Gasteiger partial charge in [0.25, 0.3) is 5.56 Å². The molecule has 0 radical (unpaired) electrons. The summed E-state index contributed by atoms with van der Waals surface area (Å²) in [5.41, 5.74) is 3.58. The van der Waals surface area contributed by atoms with Gasteiger partial charge in [-0.15, -0.1) is 0 Å². The van der Waals surface area contributed by atoms with Crippen LogP contribution in [0.15, 0.2) is 58.5 Å². The van der Waals surface area contributed by atoms with Crippen LogP contribution in [0.5, 0.6) is 0 Å². The van der Waals surface area contributed by atoms with Crippen molar-refractivity contribution in [3.8, 4) is 0 Å². The number of anilines is 2. The van der Waals surface area contributed by atoms with Crippen LogP contribution >= 0.6 is 11.8 Å². The highest BCUT2D eigenvalue weighted by Crippen LogP contribution is 2.31. The molecule has 0 saturated heterocycles. The maximum Gasteiger partial charge on any atom is 0.257 e. The molecule has 0 aliphatic carbocycles. The van der Waals surface area contributed by atoms with Crippen molar-refractivity contribution in [1.82, 2.24) is 9.97 Å². The summed E-state index contributed by atoms with van der Waals surface area (Å²) in [6.45, 7) is 3.90. The molecule has 0 spiro atoms. The lowest BCUT2D eigenvalue weighted by molar-refractivity contribution is -0.123. The Morgan fingerprint density at radius 2 is 1.87 bits per heavy atom. The number of hydrogen-bond acceptors (Lipinski definition) is 5. The van der Waals surface area contributed by atoms with E-state index < -0.39 is 17.4 Å². The normalized spacial score (nSPS) is 15.2. The van der Waals surface area contributed by atoms with E-state index in [-0.39, 0.29) is 23.7 Å². The van der Waals surface area contributed by atoms with Crippen molar-refractivity contribution < 1.29 is 9.59 Å². The van der Waals surface area contributed by atoms with Gasteiger partial charge in [-0.2, -0.15) is 0 Å². The van der Waals surface area contributed by atoms with E-state index in [4.69, 9.17) is 0 Å². The molecule has 4 rings (SSSR count). The van der Waals surface area contributed by atoms with Gasteiger partial charge in [0.05, 0.1) is 11.5 Å². The van der Waals surface area contributed by atoms with E-state index in [0.717, 1.165) is 11.1 Å². The van der Waals surface area contributed by atoms with Gasteiger partial charge in [-0.05, 0) is 31.0 Å². The fraction of sp³-hybridized carbons (Fsp3) is 0.217. The second-order valence-corrected chi connectivity index (χ2v) is 8.48. The van der Waals surface area contributed by atoms with E-state index >= 15 is 0 Å². The molecule has 1 aliphatic heterocycles. The van der Waals surface area contributed by atoms with E-state index in [1.165, 1.54) is 17.3 Å². The molecular formula is C23H22N4O3S. The predicted octanol–water partition coefficient (Wildman–Crippen LogP) is 3.74. The van der Waals surface area contributed by atoms with Crippen LogP contribution in [0.1, 0.15) is 34.6 Å². The molecule has 0 saturated carbocycles. The fourth-order valence-corrected chi connectivity index (χ4v) is 4.23. The molecule has 7 nitrogen and oxygen atoms in total. The Hall–Kier alpha value is -3.39. The first-order valence-electron chi connectivity index (χ1n) is 9.89. The number of carbonyl (C=O) groups is 2. The molecule has 3 aromatic rings.